The van der Waals surface area contributed by atoms with E-state index in [1.807, 2.05) is 16.8 Å². The average Bonchev–Trinajstić information content (AvgIpc) is 2.78. The molecule has 0 radical (unpaired) electrons. The molecule has 1 aromatic rings. The van der Waals surface area contributed by atoms with Gasteiger partial charge in [-0.05, 0) is 35.2 Å². The first-order valence-corrected chi connectivity index (χ1v) is 8.47. The molecule has 4 nitrogen and oxygen atoms in total. The standard InChI is InChI=1S/C11H17NO3S2/c13-11(9-3-4-16-7-9)6-12-10-2-1-5-17(14,15)8-10/h3-4,7,10-13H,1-2,5-6,8H2. The van der Waals surface area contributed by atoms with Crippen LogP contribution in [0.1, 0.15) is 24.5 Å². The summed E-state index contributed by atoms with van der Waals surface area (Å²) in [5.41, 5.74) is 0.890. The van der Waals surface area contributed by atoms with Gasteiger partial charge in [-0.3, -0.25) is 0 Å². The van der Waals surface area contributed by atoms with E-state index >= 15 is 0 Å². The molecule has 0 amide bonds. The Balaban J connectivity index is 1.82. The number of aliphatic hydroxyl groups excluding tert-OH is 1. The summed E-state index contributed by atoms with van der Waals surface area (Å²) in [5, 5.41) is 16.8. The second-order valence-corrected chi connectivity index (χ2v) is 7.44. The lowest BCUT2D eigenvalue weighted by atomic mass is 10.1. The Morgan fingerprint density at radius 1 is 1.59 bits per heavy atom. The number of thiophene rings is 1. The van der Waals surface area contributed by atoms with E-state index < -0.39 is 15.9 Å². The van der Waals surface area contributed by atoms with Gasteiger partial charge in [0.1, 0.15) is 0 Å². The quantitative estimate of drug-likeness (QED) is 0.858. The number of hydrogen-bond donors (Lipinski definition) is 2. The normalized spacial score (nSPS) is 25.6. The predicted molar refractivity (Wildman–Crippen MR) is 69.0 cm³/mol. The van der Waals surface area contributed by atoms with Gasteiger partial charge in [0, 0.05) is 12.6 Å². The summed E-state index contributed by atoms with van der Waals surface area (Å²) < 4.78 is 22.9. The van der Waals surface area contributed by atoms with Gasteiger partial charge in [0.15, 0.2) is 9.84 Å². The molecule has 0 saturated carbocycles. The van der Waals surface area contributed by atoms with Crippen molar-refractivity contribution in [2.45, 2.75) is 25.0 Å². The largest absolute Gasteiger partial charge is 0.387 e. The fraction of sp³-hybridized carbons (Fsp3) is 0.636. The minimum Gasteiger partial charge on any atom is -0.387 e. The Kier molecular flexibility index (Phi) is 4.19. The topological polar surface area (TPSA) is 66.4 Å². The first-order valence-electron chi connectivity index (χ1n) is 5.71. The van der Waals surface area contributed by atoms with Crippen LogP contribution in [0, 0.1) is 0 Å². The van der Waals surface area contributed by atoms with E-state index in [-0.39, 0.29) is 11.8 Å². The highest BCUT2D eigenvalue weighted by Gasteiger charge is 2.24. The summed E-state index contributed by atoms with van der Waals surface area (Å²) in [6.45, 7) is 0.414. The van der Waals surface area contributed by atoms with Crippen molar-refractivity contribution in [2.24, 2.45) is 0 Å². The first-order chi connectivity index (χ1) is 8.07. The second kappa shape index (κ2) is 5.48. The molecule has 1 saturated heterocycles. The van der Waals surface area contributed by atoms with Crippen LogP contribution in [-0.4, -0.2) is 37.6 Å². The molecule has 2 rings (SSSR count). The molecular weight excluding hydrogens is 258 g/mol. The molecule has 0 bridgehead atoms. The van der Waals surface area contributed by atoms with E-state index in [0.717, 1.165) is 12.0 Å². The molecule has 2 heterocycles. The molecule has 0 aliphatic carbocycles. The summed E-state index contributed by atoms with van der Waals surface area (Å²) in [6.07, 6.45) is 1.04. The Hall–Kier alpha value is -0.430. The molecule has 1 fully saturated rings. The van der Waals surface area contributed by atoms with Gasteiger partial charge in [0.05, 0.1) is 17.6 Å². The average molecular weight is 275 g/mol. The Morgan fingerprint density at radius 2 is 2.41 bits per heavy atom. The summed E-state index contributed by atoms with van der Waals surface area (Å²) in [4.78, 5) is 0. The van der Waals surface area contributed by atoms with Crippen molar-refractivity contribution in [3.8, 4) is 0 Å². The van der Waals surface area contributed by atoms with Gasteiger partial charge in [-0.1, -0.05) is 0 Å². The van der Waals surface area contributed by atoms with Gasteiger partial charge in [-0.25, -0.2) is 8.42 Å². The smallest absolute Gasteiger partial charge is 0.151 e. The molecule has 1 aliphatic rings. The minimum atomic E-state index is -2.88. The molecule has 0 aromatic carbocycles. The maximum absolute atomic E-state index is 11.4. The van der Waals surface area contributed by atoms with Gasteiger partial charge >= 0.3 is 0 Å². The zero-order valence-corrected chi connectivity index (χ0v) is 11.1. The van der Waals surface area contributed by atoms with Crippen LogP contribution in [0.15, 0.2) is 16.8 Å². The second-order valence-electron chi connectivity index (χ2n) is 4.43. The summed E-state index contributed by atoms with van der Waals surface area (Å²) >= 11 is 1.55. The molecule has 1 aromatic heterocycles. The fourth-order valence-electron chi connectivity index (χ4n) is 2.04. The van der Waals surface area contributed by atoms with Gasteiger partial charge < -0.3 is 10.4 Å². The van der Waals surface area contributed by atoms with Crippen molar-refractivity contribution in [1.82, 2.24) is 5.32 Å². The molecule has 96 valence electrons. The molecule has 2 atom stereocenters. The van der Waals surface area contributed by atoms with Crippen LogP contribution in [0.4, 0.5) is 0 Å². The highest BCUT2D eigenvalue weighted by Crippen LogP contribution is 2.17. The summed E-state index contributed by atoms with van der Waals surface area (Å²) in [5.74, 6) is 0.502. The molecule has 17 heavy (non-hydrogen) atoms. The van der Waals surface area contributed by atoms with Crippen molar-refractivity contribution >= 4 is 21.2 Å². The lowest BCUT2D eigenvalue weighted by Gasteiger charge is -2.24. The monoisotopic (exact) mass is 275 g/mol. The van der Waals surface area contributed by atoms with Crippen molar-refractivity contribution in [1.29, 1.82) is 0 Å². The molecule has 6 heteroatoms. The number of sulfone groups is 1. The predicted octanol–water partition coefficient (Wildman–Crippen LogP) is 0.948. The third-order valence-electron chi connectivity index (χ3n) is 2.99. The van der Waals surface area contributed by atoms with Crippen LogP contribution in [0.5, 0.6) is 0 Å². The summed E-state index contributed by atoms with van der Waals surface area (Å²) in [6, 6.07) is 1.87. The van der Waals surface area contributed by atoms with Crippen LogP contribution >= 0.6 is 11.3 Å². The van der Waals surface area contributed by atoms with Gasteiger partial charge in [-0.2, -0.15) is 11.3 Å². The Bertz CT molecular complexity index is 441. The van der Waals surface area contributed by atoms with Crippen molar-refractivity contribution < 1.29 is 13.5 Å². The van der Waals surface area contributed by atoms with E-state index in [9.17, 15) is 13.5 Å². The summed E-state index contributed by atoms with van der Waals surface area (Å²) in [7, 11) is -2.88. The van der Waals surface area contributed by atoms with Crippen LogP contribution < -0.4 is 5.32 Å². The van der Waals surface area contributed by atoms with Crippen LogP contribution in [-0.2, 0) is 9.84 Å². The Morgan fingerprint density at radius 3 is 3.06 bits per heavy atom. The van der Waals surface area contributed by atoms with Crippen LogP contribution in [0.2, 0.25) is 0 Å². The van der Waals surface area contributed by atoms with Crippen LogP contribution in [0.25, 0.3) is 0 Å². The highest BCUT2D eigenvalue weighted by molar-refractivity contribution is 7.91. The number of hydrogen-bond acceptors (Lipinski definition) is 5. The molecule has 0 spiro atoms. The molecule has 2 unspecified atom stereocenters. The van der Waals surface area contributed by atoms with Crippen molar-refractivity contribution in [3.05, 3.63) is 22.4 Å². The lowest BCUT2D eigenvalue weighted by molar-refractivity contribution is 0.170. The highest BCUT2D eigenvalue weighted by atomic mass is 32.2. The van der Waals surface area contributed by atoms with Gasteiger partial charge in [0.25, 0.3) is 0 Å². The third-order valence-corrected chi connectivity index (χ3v) is 5.51. The maximum atomic E-state index is 11.4. The van der Waals surface area contributed by atoms with E-state index in [1.165, 1.54) is 0 Å². The minimum absolute atomic E-state index is 0.0120. The molecular formula is C11H17NO3S2. The van der Waals surface area contributed by atoms with E-state index in [1.54, 1.807) is 11.3 Å². The van der Waals surface area contributed by atoms with Crippen molar-refractivity contribution in [3.63, 3.8) is 0 Å². The van der Waals surface area contributed by atoms with E-state index in [2.05, 4.69) is 5.32 Å². The zero-order chi connectivity index (χ0) is 12.3. The number of aliphatic hydroxyl groups is 1. The van der Waals surface area contributed by atoms with Crippen molar-refractivity contribution in [2.75, 3.05) is 18.1 Å². The lowest BCUT2D eigenvalue weighted by Crippen LogP contribution is -2.41. The zero-order valence-electron chi connectivity index (χ0n) is 9.50. The van der Waals surface area contributed by atoms with Gasteiger partial charge in [-0.15, -0.1) is 0 Å². The number of rotatable bonds is 4. The Labute approximate surface area is 106 Å². The molecule has 1 aliphatic heterocycles. The fourth-order valence-corrected chi connectivity index (χ4v) is 4.42. The molecule has 2 N–H and O–H groups in total. The van der Waals surface area contributed by atoms with E-state index in [4.69, 9.17) is 0 Å². The van der Waals surface area contributed by atoms with E-state index in [0.29, 0.717) is 18.7 Å². The number of nitrogens with one attached hydrogen (secondary N) is 1. The first kappa shape index (κ1) is 13.0. The van der Waals surface area contributed by atoms with Crippen LogP contribution in [0.3, 0.4) is 0 Å². The van der Waals surface area contributed by atoms with Gasteiger partial charge in [0.2, 0.25) is 0 Å². The SMILES string of the molecule is O=S1(=O)CCCC(NCC(O)c2ccsc2)C1. The maximum Gasteiger partial charge on any atom is 0.151 e. The third kappa shape index (κ3) is 3.77.